The lowest BCUT2D eigenvalue weighted by molar-refractivity contribution is -0.384. The van der Waals surface area contributed by atoms with Crippen LogP contribution < -0.4 is 5.32 Å². The highest BCUT2D eigenvalue weighted by atomic mass is 16.6. The van der Waals surface area contributed by atoms with Crippen LogP contribution in [0.2, 0.25) is 0 Å². The van der Waals surface area contributed by atoms with Gasteiger partial charge >= 0.3 is 0 Å². The molecule has 1 unspecified atom stereocenters. The molecule has 1 N–H and O–H groups in total. The second-order valence-corrected chi connectivity index (χ2v) is 4.42. The van der Waals surface area contributed by atoms with Crippen molar-refractivity contribution in [3.05, 3.63) is 63.6 Å². The molecule has 2 aromatic rings. The van der Waals surface area contributed by atoms with Gasteiger partial charge in [-0.3, -0.25) is 10.1 Å². The van der Waals surface area contributed by atoms with E-state index in [4.69, 9.17) is 4.42 Å². The first-order valence-corrected chi connectivity index (χ1v) is 6.07. The minimum Gasteiger partial charge on any atom is -0.465 e. The molecular formula is C14H16N2O3. The third-order valence-corrected chi connectivity index (χ3v) is 3.04. The van der Waals surface area contributed by atoms with Gasteiger partial charge in [-0.25, -0.2) is 0 Å². The van der Waals surface area contributed by atoms with Crippen molar-refractivity contribution in [1.82, 2.24) is 5.32 Å². The molecule has 0 saturated heterocycles. The Balaban J connectivity index is 2.12. The van der Waals surface area contributed by atoms with Crippen molar-refractivity contribution in [2.45, 2.75) is 19.4 Å². The zero-order valence-electron chi connectivity index (χ0n) is 10.9. The standard InChI is InChI=1S/C14H16N2O3/c1-10-3-8-14(19-10)13(15-2)9-11-4-6-12(7-5-11)16(17)18/h3-8,13,15H,9H2,1-2H3. The summed E-state index contributed by atoms with van der Waals surface area (Å²) < 4.78 is 5.60. The molecule has 1 aromatic heterocycles. The molecule has 1 heterocycles. The number of hydrogen-bond acceptors (Lipinski definition) is 4. The van der Waals surface area contributed by atoms with Gasteiger partial charge in [0.15, 0.2) is 0 Å². The fraction of sp³-hybridized carbons (Fsp3) is 0.286. The average molecular weight is 260 g/mol. The van der Waals surface area contributed by atoms with Gasteiger partial charge < -0.3 is 9.73 Å². The number of aryl methyl sites for hydroxylation is 1. The van der Waals surface area contributed by atoms with Crippen molar-refractivity contribution < 1.29 is 9.34 Å². The fourth-order valence-corrected chi connectivity index (χ4v) is 1.98. The molecule has 0 fully saturated rings. The van der Waals surface area contributed by atoms with Crippen LogP contribution in [-0.4, -0.2) is 12.0 Å². The van der Waals surface area contributed by atoms with Crippen LogP contribution in [0.25, 0.3) is 0 Å². The molecule has 5 nitrogen and oxygen atoms in total. The Morgan fingerprint density at radius 2 is 1.95 bits per heavy atom. The Kier molecular flexibility index (Phi) is 3.97. The van der Waals surface area contributed by atoms with E-state index in [1.54, 1.807) is 12.1 Å². The monoisotopic (exact) mass is 260 g/mol. The van der Waals surface area contributed by atoms with E-state index in [0.29, 0.717) is 0 Å². The summed E-state index contributed by atoms with van der Waals surface area (Å²) in [6, 6.07) is 10.5. The van der Waals surface area contributed by atoms with Gasteiger partial charge in [0, 0.05) is 12.1 Å². The number of nitrogens with one attached hydrogen (secondary N) is 1. The minimum atomic E-state index is -0.394. The lowest BCUT2D eigenvalue weighted by Gasteiger charge is -2.13. The van der Waals surface area contributed by atoms with Crippen LogP contribution in [0, 0.1) is 17.0 Å². The highest BCUT2D eigenvalue weighted by molar-refractivity contribution is 5.33. The van der Waals surface area contributed by atoms with Crippen molar-refractivity contribution in [2.75, 3.05) is 7.05 Å². The molecule has 0 aliphatic carbocycles. The highest BCUT2D eigenvalue weighted by Crippen LogP contribution is 2.21. The molecule has 1 aromatic carbocycles. The number of rotatable bonds is 5. The van der Waals surface area contributed by atoms with E-state index >= 15 is 0 Å². The molecule has 0 aliphatic rings. The SMILES string of the molecule is CNC(Cc1ccc([N+](=O)[O-])cc1)c1ccc(C)o1. The Bertz CT molecular complexity index is 560. The van der Waals surface area contributed by atoms with E-state index in [1.807, 2.05) is 26.1 Å². The highest BCUT2D eigenvalue weighted by Gasteiger charge is 2.14. The van der Waals surface area contributed by atoms with Gasteiger partial charge in [-0.2, -0.15) is 0 Å². The smallest absolute Gasteiger partial charge is 0.269 e. The van der Waals surface area contributed by atoms with E-state index in [0.717, 1.165) is 23.5 Å². The van der Waals surface area contributed by atoms with E-state index in [2.05, 4.69) is 5.32 Å². The van der Waals surface area contributed by atoms with Crippen molar-refractivity contribution in [2.24, 2.45) is 0 Å². The molecule has 0 saturated carbocycles. The molecule has 0 amide bonds. The first-order valence-electron chi connectivity index (χ1n) is 6.07. The largest absolute Gasteiger partial charge is 0.465 e. The molecule has 1 atom stereocenters. The normalized spacial score (nSPS) is 12.3. The summed E-state index contributed by atoms with van der Waals surface area (Å²) in [5, 5.41) is 13.8. The number of hydrogen-bond donors (Lipinski definition) is 1. The van der Waals surface area contributed by atoms with Crippen LogP contribution in [0.1, 0.15) is 23.1 Å². The second-order valence-electron chi connectivity index (χ2n) is 4.42. The van der Waals surface area contributed by atoms with Gasteiger partial charge in [-0.1, -0.05) is 12.1 Å². The molecule has 0 bridgehead atoms. The lowest BCUT2D eigenvalue weighted by Crippen LogP contribution is -2.18. The number of nitro benzene ring substituents is 1. The van der Waals surface area contributed by atoms with Crippen LogP contribution in [0.15, 0.2) is 40.8 Å². The molecule has 0 radical (unpaired) electrons. The zero-order chi connectivity index (χ0) is 13.8. The summed E-state index contributed by atoms with van der Waals surface area (Å²) in [6.07, 6.45) is 0.724. The van der Waals surface area contributed by atoms with Gasteiger partial charge in [0.1, 0.15) is 11.5 Å². The summed E-state index contributed by atoms with van der Waals surface area (Å²) in [6.45, 7) is 1.90. The first-order chi connectivity index (χ1) is 9.10. The number of nitro groups is 1. The number of furan rings is 1. The summed E-state index contributed by atoms with van der Waals surface area (Å²) in [4.78, 5) is 10.2. The maximum absolute atomic E-state index is 10.6. The third-order valence-electron chi connectivity index (χ3n) is 3.04. The van der Waals surface area contributed by atoms with E-state index < -0.39 is 4.92 Å². The number of nitrogens with zero attached hydrogens (tertiary/aromatic N) is 1. The van der Waals surface area contributed by atoms with Crippen LogP contribution in [0.3, 0.4) is 0 Å². The van der Waals surface area contributed by atoms with Gasteiger partial charge in [0.2, 0.25) is 0 Å². The Labute approximate surface area is 111 Å². The molecule has 19 heavy (non-hydrogen) atoms. The van der Waals surface area contributed by atoms with E-state index in [1.165, 1.54) is 12.1 Å². The maximum atomic E-state index is 10.6. The predicted molar refractivity (Wildman–Crippen MR) is 72.0 cm³/mol. The van der Waals surface area contributed by atoms with Crippen molar-refractivity contribution in [3.8, 4) is 0 Å². The van der Waals surface area contributed by atoms with Crippen molar-refractivity contribution in [3.63, 3.8) is 0 Å². The van der Waals surface area contributed by atoms with Crippen LogP contribution in [0.4, 0.5) is 5.69 Å². The quantitative estimate of drug-likeness (QED) is 0.662. The average Bonchev–Trinajstić information content (AvgIpc) is 2.83. The molecule has 100 valence electrons. The van der Waals surface area contributed by atoms with Gasteiger partial charge in [0.05, 0.1) is 11.0 Å². The number of benzene rings is 1. The molecule has 2 rings (SSSR count). The van der Waals surface area contributed by atoms with Crippen molar-refractivity contribution >= 4 is 5.69 Å². The third kappa shape index (κ3) is 3.20. The fourth-order valence-electron chi connectivity index (χ4n) is 1.98. The Hall–Kier alpha value is -2.14. The first kappa shape index (κ1) is 13.3. The Morgan fingerprint density at radius 1 is 1.26 bits per heavy atom. The zero-order valence-corrected chi connectivity index (χ0v) is 10.9. The van der Waals surface area contributed by atoms with E-state index in [9.17, 15) is 10.1 Å². The molecule has 0 aliphatic heterocycles. The maximum Gasteiger partial charge on any atom is 0.269 e. The lowest BCUT2D eigenvalue weighted by atomic mass is 10.0. The van der Waals surface area contributed by atoms with Crippen LogP contribution in [-0.2, 0) is 6.42 Å². The second kappa shape index (κ2) is 5.67. The van der Waals surface area contributed by atoms with Crippen LogP contribution >= 0.6 is 0 Å². The van der Waals surface area contributed by atoms with Gasteiger partial charge in [0.25, 0.3) is 5.69 Å². The predicted octanol–water partition coefficient (Wildman–Crippen LogP) is 3.00. The molecular weight excluding hydrogens is 244 g/mol. The summed E-state index contributed by atoms with van der Waals surface area (Å²) in [5.41, 5.74) is 1.14. The minimum absolute atomic E-state index is 0.0650. The Morgan fingerprint density at radius 3 is 2.42 bits per heavy atom. The summed E-state index contributed by atoms with van der Waals surface area (Å²) in [5.74, 6) is 1.75. The number of non-ortho nitro benzene ring substituents is 1. The summed E-state index contributed by atoms with van der Waals surface area (Å²) >= 11 is 0. The van der Waals surface area contributed by atoms with Gasteiger partial charge in [-0.05, 0) is 38.1 Å². The van der Waals surface area contributed by atoms with Gasteiger partial charge in [-0.15, -0.1) is 0 Å². The van der Waals surface area contributed by atoms with E-state index in [-0.39, 0.29) is 11.7 Å². The summed E-state index contributed by atoms with van der Waals surface area (Å²) in [7, 11) is 1.87. The topological polar surface area (TPSA) is 68.3 Å². The number of likely N-dealkylation sites (N-methyl/N-ethyl adjacent to an activating group) is 1. The van der Waals surface area contributed by atoms with Crippen molar-refractivity contribution in [1.29, 1.82) is 0 Å². The van der Waals surface area contributed by atoms with Crippen LogP contribution in [0.5, 0.6) is 0 Å². The molecule has 5 heteroatoms. The molecule has 0 spiro atoms.